The van der Waals surface area contributed by atoms with Crippen molar-refractivity contribution in [2.45, 2.75) is 20.0 Å². The first-order valence-corrected chi connectivity index (χ1v) is 10.5. The lowest BCUT2D eigenvalue weighted by Crippen LogP contribution is -2.38. The van der Waals surface area contributed by atoms with Crippen molar-refractivity contribution in [3.8, 4) is 0 Å². The van der Waals surface area contributed by atoms with Gasteiger partial charge in [-0.25, -0.2) is 9.80 Å². The zero-order valence-corrected chi connectivity index (χ0v) is 18.7. The van der Waals surface area contributed by atoms with Crippen molar-refractivity contribution in [1.82, 2.24) is 18.7 Å². The Labute approximate surface area is 188 Å². The quantitative estimate of drug-likeness (QED) is 0.483. The Balaban J connectivity index is 1.74. The van der Waals surface area contributed by atoms with Crippen LogP contribution in [0.15, 0.2) is 63.2 Å². The Morgan fingerprint density at radius 1 is 1.00 bits per heavy atom. The molecule has 0 saturated carbocycles. The van der Waals surface area contributed by atoms with Crippen molar-refractivity contribution in [2.24, 2.45) is 19.2 Å². The number of imidazole rings is 1. The topological polar surface area (TPSA) is 77.4 Å². The number of rotatable bonds is 3. The zero-order valence-electron chi connectivity index (χ0n) is 17.9. The maximum Gasteiger partial charge on any atom is 0.332 e. The third-order valence-corrected chi connectivity index (χ3v) is 6.12. The SMILES string of the molecule is Cc1ccccc1CN1N=C(c2ccc(Cl)cc2)Cn2c1nc1c2c(=O)n(C)c(=O)n1C. The summed E-state index contributed by atoms with van der Waals surface area (Å²) in [5.74, 6) is 0.527. The van der Waals surface area contributed by atoms with Crippen molar-refractivity contribution < 1.29 is 0 Å². The second-order valence-electron chi connectivity index (χ2n) is 7.91. The molecule has 0 unspecified atom stereocenters. The highest BCUT2D eigenvalue weighted by molar-refractivity contribution is 6.30. The smallest absolute Gasteiger partial charge is 0.297 e. The molecule has 5 rings (SSSR count). The predicted octanol–water partition coefficient (Wildman–Crippen LogP) is 2.82. The normalized spacial score (nSPS) is 13.4. The Morgan fingerprint density at radius 2 is 1.72 bits per heavy atom. The van der Waals surface area contributed by atoms with Gasteiger partial charge in [0.05, 0.1) is 18.8 Å². The van der Waals surface area contributed by atoms with Gasteiger partial charge in [-0.05, 0) is 35.7 Å². The van der Waals surface area contributed by atoms with Crippen LogP contribution in [0.25, 0.3) is 11.2 Å². The molecule has 0 spiro atoms. The highest BCUT2D eigenvalue weighted by Crippen LogP contribution is 2.27. The fourth-order valence-corrected chi connectivity index (χ4v) is 4.13. The number of aromatic nitrogens is 4. The molecule has 4 aromatic rings. The van der Waals surface area contributed by atoms with E-state index in [1.807, 2.05) is 60.0 Å². The molecule has 0 N–H and O–H groups in total. The van der Waals surface area contributed by atoms with Crippen LogP contribution in [-0.4, -0.2) is 24.4 Å². The fraction of sp³-hybridized carbons (Fsp3) is 0.217. The highest BCUT2D eigenvalue weighted by Gasteiger charge is 2.28. The minimum atomic E-state index is -0.415. The maximum atomic E-state index is 13.1. The van der Waals surface area contributed by atoms with Gasteiger partial charge in [-0.1, -0.05) is 48.0 Å². The minimum Gasteiger partial charge on any atom is -0.297 e. The second-order valence-corrected chi connectivity index (χ2v) is 8.35. The summed E-state index contributed by atoms with van der Waals surface area (Å²) in [6, 6.07) is 15.5. The van der Waals surface area contributed by atoms with Gasteiger partial charge in [0, 0.05) is 19.1 Å². The molecule has 3 heterocycles. The molecule has 0 aliphatic carbocycles. The Kier molecular flexibility index (Phi) is 4.74. The van der Waals surface area contributed by atoms with Crippen LogP contribution in [0.1, 0.15) is 16.7 Å². The average molecular weight is 449 g/mol. The van der Waals surface area contributed by atoms with Crippen LogP contribution in [0, 0.1) is 6.92 Å². The third-order valence-electron chi connectivity index (χ3n) is 5.87. The first kappa shape index (κ1) is 20.3. The fourth-order valence-electron chi connectivity index (χ4n) is 4.00. The zero-order chi connectivity index (χ0) is 22.6. The number of aryl methyl sites for hydroxylation is 2. The van der Waals surface area contributed by atoms with Gasteiger partial charge in [-0.15, -0.1) is 0 Å². The molecule has 0 radical (unpaired) electrons. The summed E-state index contributed by atoms with van der Waals surface area (Å²) in [6.45, 7) is 2.87. The summed E-state index contributed by atoms with van der Waals surface area (Å²) in [7, 11) is 3.10. The molecule has 162 valence electrons. The summed E-state index contributed by atoms with van der Waals surface area (Å²) in [4.78, 5) is 30.2. The van der Waals surface area contributed by atoms with Gasteiger partial charge in [-0.2, -0.15) is 10.1 Å². The average Bonchev–Trinajstić information content (AvgIpc) is 3.18. The molecule has 0 atom stereocenters. The molecule has 2 aromatic carbocycles. The first-order valence-electron chi connectivity index (χ1n) is 10.2. The molecular weight excluding hydrogens is 428 g/mol. The van der Waals surface area contributed by atoms with E-state index in [4.69, 9.17) is 16.7 Å². The number of halogens is 1. The Bertz CT molecular complexity index is 1510. The van der Waals surface area contributed by atoms with Crippen LogP contribution < -0.4 is 16.3 Å². The minimum absolute atomic E-state index is 0.343. The third kappa shape index (κ3) is 3.15. The van der Waals surface area contributed by atoms with E-state index in [0.29, 0.717) is 35.2 Å². The molecule has 0 saturated heterocycles. The van der Waals surface area contributed by atoms with Gasteiger partial charge < -0.3 is 0 Å². The van der Waals surface area contributed by atoms with Gasteiger partial charge in [-0.3, -0.25) is 18.5 Å². The maximum absolute atomic E-state index is 13.1. The number of hydrazone groups is 1. The Hall–Kier alpha value is -3.65. The number of hydrogen-bond donors (Lipinski definition) is 0. The van der Waals surface area contributed by atoms with Gasteiger partial charge in [0.2, 0.25) is 5.95 Å². The van der Waals surface area contributed by atoms with Crippen LogP contribution >= 0.6 is 11.6 Å². The van der Waals surface area contributed by atoms with E-state index in [2.05, 4.69) is 4.98 Å². The van der Waals surface area contributed by atoms with Crippen LogP contribution in [0.5, 0.6) is 0 Å². The van der Waals surface area contributed by atoms with Crippen LogP contribution in [-0.2, 0) is 27.2 Å². The van der Waals surface area contributed by atoms with E-state index in [1.54, 1.807) is 12.1 Å². The second kappa shape index (κ2) is 7.49. The van der Waals surface area contributed by atoms with Crippen LogP contribution in [0.3, 0.4) is 0 Å². The van der Waals surface area contributed by atoms with Crippen molar-refractivity contribution in [3.05, 3.63) is 91.1 Å². The predicted molar refractivity (Wildman–Crippen MR) is 126 cm³/mol. The van der Waals surface area contributed by atoms with E-state index in [0.717, 1.165) is 27.0 Å². The van der Waals surface area contributed by atoms with Gasteiger partial charge in [0.15, 0.2) is 11.2 Å². The monoisotopic (exact) mass is 448 g/mol. The number of hydrogen-bond acceptors (Lipinski definition) is 5. The number of anilines is 1. The van der Waals surface area contributed by atoms with Crippen molar-refractivity contribution in [1.29, 1.82) is 0 Å². The summed E-state index contributed by atoms with van der Waals surface area (Å²) in [5.41, 5.74) is 3.83. The van der Waals surface area contributed by atoms with Gasteiger partial charge in [0.25, 0.3) is 5.56 Å². The lowest BCUT2D eigenvalue weighted by molar-refractivity contribution is 0.699. The molecule has 32 heavy (non-hydrogen) atoms. The Morgan fingerprint density at radius 3 is 2.44 bits per heavy atom. The molecule has 0 amide bonds. The van der Waals surface area contributed by atoms with E-state index < -0.39 is 5.69 Å². The van der Waals surface area contributed by atoms with E-state index in [-0.39, 0.29) is 5.56 Å². The van der Waals surface area contributed by atoms with E-state index >= 15 is 0 Å². The molecule has 2 aromatic heterocycles. The molecule has 1 aliphatic heterocycles. The molecule has 9 heteroatoms. The highest BCUT2D eigenvalue weighted by atomic mass is 35.5. The lowest BCUT2D eigenvalue weighted by Gasteiger charge is -2.26. The first-order chi connectivity index (χ1) is 15.3. The van der Waals surface area contributed by atoms with Crippen molar-refractivity contribution in [2.75, 3.05) is 5.01 Å². The van der Waals surface area contributed by atoms with E-state index in [1.165, 1.54) is 11.6 Å². The number of fused-ring (bicyclic) bond motifs is 3. The van der Waals surface area contributed by atoms with Crippen LogP contribution in [0.2, 0.25) is 5.02 Å². The molecule has 8 nitrogen and oxygen atoms in total. The van der Waals surface area contributed by atoms with Crippen LogP contribution in [0.4, 0.5) is 5.95 Å². The molecule has 1 aliphatic rings. The van der Waals surface area contributed by atoms with Gasteiger partial charge >= 0.3 is 5.69 Å². The summed E-state index contributed by atoms with van der Waals surface area (Å²) in [6.07, 6.45) is 0. The van der Waals surface area contributed by atoms with Gasteiger partial charge in [0.1, 0.15) is 0 Å². The van der Waals surface area contributed by atoms with Crippen molar-refractivity contribution >= 4 is 34.4 Å². The molecule has 0 fully saturated rings. The standard InChI is InChI=1S/C23H21ClN6O2/c1-14-6-4-5-7-16(14)12-30-22-25-20-19(21(31)28(3)23(32)27(20)2)29(22)13-18(26-30)15-8-10-17(24)11-9-15/h4-11H,12-13H2,1-3H3. The summed E-state index contributed by atoms with van der Waals surface area (Å²) in [5, 5.41) is 7.32. The van der Waals surface area contributed by atoms with Crippen molar-refractivity contribution in [3.63, 3.8) is 0 Å². The summed E-state index contributed by atoms with van der Waals surface area (Å²) < 4.78 is 4.35. The number of benzene rings is 2. The molecular formula is C23H21ClN6O2. The lowest BCUT2D eigenvalue weighted by atomic mass is 10.1. The number of nitrogens with zero attached hydrogens (tertiary/aromatic N) is 6. The van der Waals surface area contributed by atoms with E-state index in [9.17, 15) is 9.59 Å². The summed E-state index contributed by atoms with van der Waals surface area (Å²) >= 11 is 6.07. The largest absolute Gasteiger partial charge is 0.332 e. The molecule has 0 bridgehead atoms.